The minimum Gasteiger partial charge on any atom is -0.492 e. The fraction of sp³-hybridized carbons (Fsp3) is 0.333. The summed E-state index contributed by atoms with van der Waals surface area (Å²) < 4.78 is 5.61. The summed E-state index contributed by atoms with van der Waals surface area (Å²) in [6.45, 7) is 6.96. The molecule has 0 saturated carbocycles. The van der Waals surface area contributed by atoms with E-state index in [2.05, 4.69) is 31.4 Å². The van der Waals surface area contributed by atoms with Gasteiger partial charge in [0.25, 0.3) is 5.91 Å². The van der Waals surface area contributed by atoms with Crippen molar-refractivity contribution in [3.63, 3.8) is 0 Å². The lowest BCUT2D eigenvalue weighted by atomic mass is 9.87. The Labute approximate surface area is 175 Å². The highest BCUT2D eigenvalue weighted by molar-refractivity contribution is 6.36. The number of carbonyl (C=O) groups is 2. The Hall–Kier alpha value is -2.24. The Kier molecular flexibility index (Phi) is 7.72. The number of halogens is 2. The number of benzene rings is 2. The minimum absolute atomic E-state index is 0.0905. The molecule has 0 saturated heterocycles. The van der Waals surface area contributed by atoms with E-state index in [1.165, 1.54) is 17.7 Å². The first kappa shape index (κ1) is 22.1. The van der Waals surface area contributed by atoms with Gasteiger partial charge in [-0.25, -0.2) is 0 Å². The maximum atomic E-state index is 12.1. The molecule has 2 rings (SSSR count). The van der Waals surface area contributed by atoms with Crippen molar-refractivity contribution in [2.45, 2.75) is 26.2 Å². The average molecular weight is 423 g/mol. The van der Waals surface area contributed by atoms with Crippen LogP contribution in [0.2, 0.25) is 10.0 Å². The van der Waals surface area contributed by atoms with Crippen LogP contribution in [-0.2, 0) is 10.2 Å². The van der Waals surface area contributed by atoms with Gasteiger partial charge in [0, 0.05) is 5.02 Å². The molecule has 5 nitrogen and oxygen atoms in total. The van der Waals surface area contributed by atoms with Crippen molar-refractivity contribution < 1.29 is 14.3 Å². The molecule has 2 amide bonds. The van der Waals surface area contributed by atoms with E-state index >= 15 is 0 Å². The second-order valence-corrected chi connectivity index (χ2v) is 8.12. The van der Waals surface area contributed by atoms with Crippen molar-refractivity contribution in [3.8, 4) is 5.75 Å². The number of hydrogen-bond acceptors (Lipinski definition) is 3. The summed E-state index contributed by atoms with van der Waals surface area (Å²) in [6, 6.07) is 12.4. The van der Waals surface area contributed by atoms with Gasteiger partial charge in [-0.05, 0) is 41.3 Å². The van der Waals surface area contributed by atoms with E-state index in [9.17, 15) is 9.59 Å². The van der Waals surface area contributed by atoms with Gasteiger partial charge >= 0.3 is 0 Å². The van der Waals surface area contributed by atoms with Gasteiger partial charge < -0.3 is 15.4 Å². The fourth-order valence-corrected chi connectivity index (χ4v) is 2.90. The molecule has 0 aromatic heterocycles. The molecule has 0 unspecified atom stereocenters. The van der Waals surface area contributed by atoms with Crippen molar-refractivity contribution in [1.82, 2.24) is 10.6 Å². The number of ether oxygens (including phenoxy) is 1. The Bertz CT molecular complexity index is 831. The summed E-state index contributed by atoms with van der Waals surface area (Å²) in [5, 5.41) is 5.87. The summed E-state index contributed by atoms with van der Waals surface area (Å²) >= 11 is 11.8. The molecule has 0 aliphatic heterocycles. The van der Waals surface area contributed by atoms with Crippen LogP contribution < -0.4 is 15.4 Å². The summed E-state index contributed by atoms with van der Waals surface area (Å²) in [5.41, 5.74) is 1.58. The molecule has 0 aliphatic rings. The predicted molar refractivity (Wildman–Crippen MR) is 112 cm³/mol. The van der Waals surface area contributed by atoms with Crippen LogP contribution in [0.25, 0.3) is 0 Å². The molecule has 0 bridgehead atoms. The highest BCUT2D eigenvalue weighted by atomic mass is 35.5. The van der Waals surface area contributed by atoms with Crippen LogP contribution in [0.4, 0.5) is 0 Å². The third-order valence-corrected chi connectivity index (χ3v) is 4.55. The lowest BCUT2D eigenvalue weighted by molar-refractivity contribution is -0.120. The molecule has 0 radical (unpaired) electrons. The van der Waals surface area contributed by atoms with Gasteiger partial charge in [-0.2, -0.15) is 0 Å². The quantitative estimate of drug-likeness (QED) is 0.656. The standard InChI is InChI=1S/C21H24Cl2N2O3/c1-21(2,3)14-4-7-16(8-5-14)28-11-10-24-19(26)13-25-20(27)17-9-6-15(22)12-18(17)23/h4-9,12H,10-11,13H2,1-3H3,(H,24,26)(H,25,27). The van der Waals surface area contributed by atoms with Gasteiger partial charge in [0.05, 0.1) is 23.7 Å². The second kappa shape index (κ2) is 9.80. The first-order chi connectivity index (χ1) is 13.2. The maximum Gasteiger partial charge on any atom is 0.253 e. The molecule has 0 spiro atoms. The fourth-order valence-electron chi connectivity index (χ4n) is 2.40. The SMILES string of the molecule is CC(C)(C)c1ccc(OCCNC(=O)CNC(=O)c2ccc(Cl)cc2Cl)cc1. The van der Waals surface area contributed by atoms with Gasteiger partial charge in [-0.3, -0.25) is 9.59 Å². The van der Waals surface area contributed by atoms with Crippen molar-refractivity contribution in [2.75, 3.05) is 19.7 Å². The third kappa shape index (κ3) is 6.73. The van der Waals surface area contributed by atoms with Gasteiger partial charge in [-0.15, -0.1) is 0 Å². The van der Waals surface area contributed by atoms with Crippen LogP contribution in [0.1, 0.15) is 36.7 Å². The first-order valence-electron chi connectivity index (χ1n) is 8.90. The zero-order valence-corrected chi connectivity index (χ0v) is 17.7. The molecule has 2 aromatic carbocycles. The molecular weight excluding hydrogens is 399 g/mol. The van der Waals surface area contributed by atoms with E-state index in [0.717, 1.165) is 5.75 Å². The molecule has 28 heavy (non-hydrogen) atoms. The van der Waals surface area contributed by atoms with Crippen LogP contribution in [0.3, 0.4) is 0 Å². The molecule has 2 aromatic rings. The molecule has 0 atom stereocenters. The second-order valence-electron chi connectivity index (χ2n) is 7.28. The summed E-state index contributed by atoms with van der Waals surface area (Å²) in [7, 11) is 0. The average Bonchev–Trinajstić information content (AvgIpc) is 2.63. The summed E-state index contributed by atoms with van der Waals surface area (Å²) in [4.78, 5) is 23.9. The molecular formula is C21H24Cl2N2O3. The molecule has 0 heterocycles. The van der Waals surface area contributed by atoms with E-state index in [0.29, 0.717) is 18.2 Å². The molecule has 0 fully saturated rings. The normalized spacial score (nSPS) is 11.0. The van der Waals surface area contributed by atoms with Crippen LogP contribution in [0.15, 0.2) is 42.5 Å². The maximum absolute atomic E-state index is 12.1. The number of rotatable bonds is 7. The Morgan fingerprint density at radius 2 is 1.68 bits per heavy atom. The van der Waals surface area contributed by atoms with Crippen molar-refractivity contribution >= 4 is 35.0 Å². The van der Waals surface area contributed by atoms with Crippen LogP contribution >= 0.6 is 23.2 Å². The van der Waals surface area contributed by atoms with E-state index in [1.807, 2.05) is 24.3 Å². The molecule has 2 N–H and O–H groups in total. The Morgan fingerprint density at radius 3 is 2.29 bits per heavy atom. The number of hydrogen-bond donors (Lipinski definition) is 2. The Morgan fingerprint density at radius 1 is 1.00 bits per heavy atom. The highest BCUT2D eigenvalue weighted by Crippen LogP contribution is 2.24. The topological polar surface area (TPSA) is 67.4 Å². The zero-order valence-electron chi connectivity index (χ0n) is 16.1. The molecule has 7 heteroatoms. The van der Waals surface area contributed by atoms with Crippen molar-refractivity contribution in [2.24, 2.45) is 0 Å². The smallest absolute Gasteiger partial charge is 0.253 e. The third-order valence-electron chi connectivity index (χ3n) is 4.00. The monoisotopic (exact) mass is 422 g/mol. The van der Waals surface area contributed by atoms with E-state index < -0.39 is 5.91 Å². The molecule has 150 valence electrons. The van der Waals surface area contributed by atoms with E-state index in [-0.39, 0.29) is 28.5 Å². The molecule has 0 aliphatic carbocycles. The lowest BCUT2D eigenvalue weighted by Crippen LogP contribution is -2.38. The first-order valence-corrected chi connectivity index (χ1v) is 9.66. The van der Waals surface area contributed by atoms with Gasteiger partial charge in [-0.1, -0.05) is 56.1 Å². The highest BCUT2D eigenvalue weighted by Gasteiger charge is 2.13. The number of amides is 2. The van der Waals surface area contributed by atoms with E-state index in [1.54, 1.807) is 6.07 Å². The Balaban J connectivity index is 1.69. The summed E-state index contributed by atoms with van der Waals surface area (Å²) in [6.07, 6.45) is 0. The van der Waals surface area contributed by atoms with Crippen LogP contribution in [0, 0.1) is 0 Å². The van der Waals surface area contributed by atoms with Crippen LogP contribution in [-0.4, -0.2) is 31.5 Å². The lowest BCUT2D eigenvalue weighted by Gasteiger charge is -2.19. The van der Waals surface area contributed by atoms with Crippen LogP contribution in [0.5, 0.6) is 5.75 Å². The number of carbonyl (C=O) groups excluding carboxylic acids is 2. The van der Waals surface area contributed by atoms with Gasteiger partial charge in [0.2, 0.25) is 5.91 Å². The minimum atomic E-state index is -0.438. The van der Waals surface area contributed by atoms with Gasteiger partial charge in [0.15, 0.2) is 0 Å². The van der Waals surface area contributed by atoms with Gasteiger partial charge in [0.1, 0.15) is 12.4 Å². The zero-order chi connectivity index (χ0) is 20.7. The largest absolute Gasteiger partial charge is 0.492 e. The van der Waals surface area contributed by atoms with Crippen molar-refractivity contribution in [1.29, 1.82) is 0 Å². The van der Waals surface area contributed by atoms with E-state index in [4.69, 9.17) is 27.9 Å². The number of nitrogens with one attached hydrogen (secondary N) is 2. The predicted octanol–water partition coefficient (Wildman–Crippen LogP) is 4.22. The van der Waals surface area contributed by atoms with Crippen molar-refractivity contribution in [3.05, 3.63) is 63.6 Å². The summed E-state index contributed by atoms with van der Waals surface area (Å²) in [5.74, 6) is -0.00921.